The Balaban J connectivity index is 1.55. The Labute approximate surface area is 173 Å². The lowest BCUT2D eigenvalue weighted by Crippen LogP contribution is -2.67. The van der Waals surface area contributed by atoms with Crippen LogP contribution in [0.15, 0.2) is 12.3 Å². The Kier molecular flexibility index (Phi) is 5.74. The van der Waals surface area contributed by atoms with Crippen LogP contribution in [0, 0.1) is 24.7 Å². The highest BCUT2D eigenvalue weighted by Gasteiger charge is 2.49. The third kappa shape index (κ3) is 4.23. The van der Waals surface area contributed by atoms with Crippen LogP contribution >= 0.6 is 0 Å². The highest BCUT2D eigenvalue weighted by Crippen LogP contribution is 2.42. The Hall–Kier alpha value is -2.18. The van der Waals surface area contributed by atoms with Crippen LogP contribution in [0.5, 0.6) is 0 Å². The maximum Gasteiger partial charge on any atom is 0.223 e. The van der Waals surface area contributed by atoms with Gasteiger partial charge in [0.05, 0.1) is 6.04 Å². The number of hydrogen-bond donors (Lipinski definition) is 1. The molecule has 0 unspecified atom stereocenters. The molecular formula is C22H33N5O2. The predicted octanol–water partition coefficient (Wildman–Crippen LogP) is 2.15. The van der Waals surface area contributed by atoms with Crippen LogP contribution in [0.2, 0.25) is 0 Å². The second kappa shape index (κ2) is 8.28. The monoisotopic (exact) mass is 399 g/mol. The third-order valence-corrected chi connectivity index (χ3v) is 6.68. The van der Waals surface area contributed by atoms with Gasteiger partial charge in [0.1, 0.15) is 11.6 Å². The van der Waals surface area contributed by atoms with E-state index in [-0.39, 0.29) is 23.9 Å². The molecule has 158 valence electrons. The summed E-state index contributed by atoms with van der Waals surface area (Å²) in [4.78, 5) is 38.6. The normalized spacial score (nSPS) is 29.0. The fraction of sp³-hybridized carbons (Fsp3) is 0.727. The molecule has 3 aliphatic rings. The number of nitrogens with one attached hydrogen (secondary N) is 1. The highest BCUT2D eigenvalue weighted by atomic mass is 16.2. The van der Waals surface area contributed by atoms with E-state index in [1.165, 1.54) is 0 Å². The molecule has 0 aliphatic carbocycles. The molecule has 7 heteroatoms. The molecule has 4 heterocycles. The molecule has 3 aliphatic heterocycles. The van der Waals surface area contributed by atoms with Gasteiger partial charge in [0.2, 0.25) is 11.8 Å². The zero-order valence-corrected chi connectivity index (χ0v) is 17.8. The topological polar surface area (TPSA) is 78.4 Å². The quantitative estimate of drug-likeness (QED) is 0.821. The van der Waals surface area contributed by atoms with Gasteiger partial charge in [-0.05, 0) is 50.0 Å². The number of carbonyl (C=O) groups is 2. The first-order valence-corrected chi connectivity index (χ1v) is 11.0. The molecule has 3 saturated heterocycles. The summed E-state index contributed by atoms with van der Waals surface area (Å²) in [6.07, 6.45) is 6.16. The first-order chi connectivity index (χ1) is 13.9. The number of piperidine rings is 3. The number of hydrogen-bond acceptors (Lipinski definition) is 5. The van der Waals surface area contributed by atoms with Crippen LogP contribution in [0.1, 0.15) is 51.8 Å². The van der Waals surface area contributed by atoms with Gasteiger partial charge in [-0.2, -0.15) is 0 Å². The molecule has 7 nitrogen and oxygen atoms in total. The van der Waals surface area contributed by atoms with Crippen molar-refractivity contribution in [3.8, 4) is 0 Å². The molecule has 29 heavy (non-hydrogen) atoms. The smallest absolute Gasteiger partial charge is 0.223 e. The van der Waals surface area contributed by atoms with Gasteiger partial charge < -0.3 is 15.1 Å². The molecule has 0 spiro atoms. The fourth-order valence-electron chi connectivity index (χ4n) is 5.51. The Morgan fingerprint density at radius 3 is 2.86 bits per heavy atom. The van der Waals surface area contributed by atoms with Crippen LogP contribution < -0.4 is 10.2 Å². The Bertz CT molecular complexity index is 767. The third-order valence-electron chi connectivity index (χ3n) is 6.68. The van der Waals surface area contributed by atoms with Gasteiger partial charge in [-0.3, -0.25) is 9.59 Å². The van der Waals surface area contributed by atoms with Crippen LogP contribution in [0.25, 0.3) is 0 Å². The number of amides is 2. The van der Waals surface area contributed by atoms with Gasteiger partial charge in [0, 0.05) is 44.7 Å². The molecule has 1 N–H and O–H groups in total. The average molecular weight is 400 g/mol. The minimum atomic E-state index is 0.0749. The standard InChI is InChI=1S/C22H33N5O2/c1-14(2)9-21(28)24-11-19-17-10-16(18-5-4-6-22(29)27(18)19)12-26(13-17)20-7-8-23-15(3)25-20/h7-8,14,16-19H,4-6,9-13H2,1-3H3,(H,24,28)/t16-,17+,18+,19+/m1/s1. The SMILES string of the molecule is Cc1nccc(N2C[C@H]3C[C@@H](C2)[C@H](CNC(=O)CC(C)C)N2C(=O)CCC[C@@H]32)n1. The van der Waals surface area contributed by atoms with Gasteiger partial charge in [0.25, 0.3) is 0 Å². The van der Waals surface area contributed by atoms with Crippen molar-refractivity contribution in [3.05, 3.63) is 18.1 Å². The lowest BCUT2D eigenvalue weighted by molar-refractivity contribution is -0.149. The molecule has 0 aromatic carbocycles. The Morgan fingerprint density at radius 2 is 2.10 bits per heavy atom. The molecule has 2 bridgehead atoms. The van der Waals surface area contributed by atoms with Crippen molar-refractivity contribution in [2.75, 3.05) is 24.5 Å². The maximum atomic E-state index is 12.9. The first kappa shape index (κ1) is 20.1. The molecule has 2 amide bonds. The highest BCUT2D eigenvalue weighted by molar-refractivity contribution is 5.79. The van der Waals surface area contributed by atoms with E-state index in [1.807, 2.05) is 19.2 Å². The van der Waals surface area contributed by atoms with Gasteiger partial charge in [-0.1, -0.05) is 13.8 Å². The van der Waals surface area contributed by atoms with E-state index < -0.39 is 0 Å². The minimum absolute atomic E-state index is 0.0749. The van der Waals surface area contributed by atoms with Crippen LogP contribution in [0.4, 0.5) is 5.82 Å². The van der Waals surface area contributed by atoms with Crippen molar-refractivity contribution in [1.82, 2.24) is 20.2 Å². The number of nitrogens with zero attached hydrogens (tertiary/aromatic N) is 4. The molecule has 4 atom stereocenters. The lowest BCUT2D eigenvalue weighted by Gasteiger charge is -2.56. The van der Waals surface area contributed by atoms with E-state index in [9.17, 15) is 9.59 Å². The summed E-state index contributed by atoms with van der Waals surface area (Å²) in [5.41, 5.74) is 0. The van der Waals surface area contributed by atoms with E-state index in [2.05, 4.69) is 38.9 Å². The van der Waals surface area contributed by atoms with Crippen molar-refractivity contribution >= 4 is 17.6 Å². The van der Waals surface area contributed by atoms with E-state index in [0.717, 1.165) is 44.0 Å². The molecule has 1 aromatic heterocycles. The molecule has 1 aromatic rings. The average Bonchev–Trinajstić information content (AvgIpc) is 2.67. The van der Waals surface area contributed by atoms with Crippen molar-refractivity contribution in [3.63, 3.8) is 0 Å². The van der Waals surface area contributed by atoms with Crippen molar-refractivity contribution in [2.24, 2.45) is 17.8 Å². The van der Waals surface area contributed by atoms with E-state index in [0.29, 0.717) is 37.1 Å². The van der Waals surface area contributed by atoms with Crippen LogP contribution in [-0.2, 0) is 9.59 Å². The molecular weight excluding hydrogens is 366 g/mol. The number of fused-ring (bicyclic) bond motifs is 4. The minimum Gasteiger partial charge on any atom is -0.356 e. The fourth-order valence-corrected chi connectivity index (χ4v) is 5.51. The molecule has 3 fully saturated rings. The summed E-state index contributed by atoms with van der Waals surface area (Å²) < 4.78 is 0. The predicted molar refractivity (Wildman–Crippen MR) is 111 cm³/mol. The zero-order chi connectivity index (χ0) is 20.5. The summed E-state index contributed by atoms with van der Waals surface area (Å²) in [5, 5.41) is 3.13. The van der Waals surface area contributed by atoms with Gasteiger partial charge >= 0.3 is 0 Å². The Morgan fingerprint density at radius 1 is 1.31 bits per heavy atom. The van der Waals surface area contributed by atoms with E-state index in [1.54, 1.807) is 0 Å². The lowest BCUT2D eigenvalue weighted by atomic mass is 9.72. The maximum absolute atomic E-state index is 12.9. The summed E-state index contributed by atoms with van der Waals surface area (Å²) in [7, 11) is 0. The molecule has 0 saturated carbocycles. The summed E-state index contributed by atoms with van der Waals surface area (Å²) >= 11 is 0. The van der Waals surface area contributed by atoms with Gasteiger partial charge in [-0.25, -0.2) is 9.97 Å². The number of rotatable bonds is 5. The van der Waals surface area contributed by atoms with E-state index in [4.69, 9.17) is 0 Å². The van der Waals surface area contributed by atoms with Crippen LogP contribution in [-0.4, -0.2) is 58.4 Å². The van der Waals surface area contributed by atoms with Gasteiger partial charge in [-0.15, -0.1) is 0 Å². The number of aromatic nitrogens is 2. The second-order valence-corrected chi connectivity index (χ2v) is 9.35. The summed E-state index contributed by atoms with van der Waals surface area (Å²) in [6, 6.07) is 2.34. The summed E-state index contributed by atoms with van der Waals surface area (Å²) in [5.74, 6) is 3.27. The molecule has 4 rings (SSSR count). The number of aryl methyl sites for hydroxylation is 1. The number of anilines is 1. The zero-order valence-electron chi connectivity index (χ0n) is 17.8. The largest absolute Gasteiger partial charge is 0.356 e. The van der Waals surface area contributed by atoms with Gasteiger partial charge in [0.15, 0.2) is 0 Å². The van der Waals surface area contributed by atoms with E-state index >= 15 is 0 Å². The first-order valence-electron chi connectivity index (χ1n) is 11.0. The second-order valence-electron chi connectivity index (χ2n) is 9.35. The number of carbonyl (C=O) groups excluding carboxylic acids is 2. The van der Waals surface area contributed by atoms with Crippen molar-refractivity contribution in [2.45, 2.75) is 65.0 Å². The van der Waals surface area contributed by atoms with Crippen molar-refractivity contribution in [1.29, 1.82) is 0 Å². The summed E-state index contributed by atoms with van der Waals surface area (Å²) in [6.45, 7) is 8.39. The molecule has 0 radical (unpaired) electrons. The van der Waals surface area contributed by atoms with Crippen LogP contribution in [0.3, 0.4) is 0 Å². The van der Waals surface area contributed by atoms with Crippen molar-refractivity contribution < 1.29 is 9.59 Å².